The molecule has 20 heavy (non-hydrogen) atoms. The van der Waals surface area contributed by atoms with Crippen LogP contribution in [0.2, 0.25) is 0 Å². The predicted octanol–water partition coefficient (Wildman–Crippen LogP) is 1.66. The number of carbonyl (C=O) groups is 2. The third-order valence-electron chi connectivity index (χ3n) is 5.09. The number of hydrogen-bond acceptors (Lipinski definition) is 3. The van der Waals surface area contributed by atoms with E-state index in [0.717, 1.165) is 44.9 Å². The van der Waals surface area contributed by atoms with E-state index in [1.807, 2.05) is 0 Å². The van der Waals surface area contributed by atoms with Crippen molar-refractivity contribution >= 4 is 11.9 Å². The fourth-order valence-corrected chi connectivity index (χ4v) is 3.54. The van der Waals surface area contributed by atoms with Gasteiger partial charge < -0.3 is 16.2 Å². The molecule has 1 unspecified atom stereocenters. The van der Waals surface area contributed by atoms with E-state index in [9.17, 15) is 14.7 Å². The number of carboxylic acid groups (broad SMARTS) is 1. The molecule has 0 aromatic rings. The molecule has 0 heterocycles. The van der Waals surface area contributed by atoms with E-state index < -0.39 is 12.0 Å². The lowest BCUT2D eigenvalue weighted by atomic mass is 9.66. The Hall–Kier alpha value is -1.10. The van der Waals surface area contributed by atoms with Crippen LogP contribution >= 0.6 is 0 Å². The number of carbonyl (C=O) groups excluding carboxylic acids is 1. The summed E-state index contributed by atoms with van der Waals surface area (Å²) in [6.45, 7) is 0.515. The Morgan fingerprint density at radius 1 is 1.20 bits per heavy atom. The maximum atomic E-state index is 12.1. The first-order chi connectivity index (χ1) is 9.56. The van der Waals surface area contributed by atoms with E-state index >= 15 is 0 Å². The minimum atomic E-state index is -0.902. The number of rotatable bonds is 6. The van der Waals surface area contributed by atoms with Gasteiger partial charge in [-0.1, -0.05) is 25.7 Å². The molecule has 0 radical (unpaired) electrons. The second-order valence-corrected chi connectivity index (χ2v) is 6.52. The molecule has 0 aliphatic heterocycles. The Bertz CT molecular complexity index is 355. The first kappa shape index (κ1) is 15.3. The van der Waals surface area contributed by atoms with Gasteiger partial charge in [-0.15, -0.1) is 0 Å². The average molecular weight is 282 g/mol. The summed E-state index contributed by atoms with van der Waals surface area (Å²) in [6.07, 6.45) is 8.57. The maximum Gasteiger partial charge on any atom is 0.326 e. The molecule has 2 saturated carbocycles. The van der Waals surface area contributed by atoms with Crippen LogP contribution in [0.25, 0.3) is 0 Å². The molecule has 4 N–H and O–H groups in total. The number of nitrogens with one attached hydrogen (secondary N) is 1. The number of hydrogen-bond donors (Lipinski definition) is 3. The van der Waals surface area contributed by atoms with Gasteiger partial charge in [-0.2, -0.15) is 0 Å². The van der Waals surface area contributed by atoms with Gasteiger partial charge in [0.25, 0.3) is 0 Å². The molecule has 2 rings (SSSR count). The molecule has 5 nitrogen and oxygen atoms in total. The van der Waals surface area contributed by atoms with Crippen LogP contribution in [-0.2, 0) is 9.59 Å². The van der Waals surface area contributed by atoms with Crippen LogP contribution in [0.5, 0.6) is 0 Å². The first-order valence-electron chi connectivity index (χ1n) is 7.79. The third-order valence-corrected chi connectivity index (χ3v) is 5.09. The van der Waals surface area contributed by atoms with Crippen molar-refractivity contribution in [3.8, 4) is 0 Å². The largest absolute Gasteiger partial charge is 0.480 e. The van der Waals surface area contributed by atoms with Crippen LogP contribution in [0.1, 0.15) is 57.8 Å². The Morgan fingerprint density at radius 2 is 1.85 bits per heavy atom. The average Bonchev–Trinajstić information content (AvgIpc) is 2.41. The van der Waals surface area contributed by atoms with Crippen molar-refractivity contribution < 1.29 is 14.7 Å². The van der Waals surface area contributed by atoms with Crippen LogP contribution in [0.3, 0.4) is 0 Å². The molecule has 1 amide bonds. The monoisotopic (exact) mass is 282 g/mol. The van der Waals surface area contributed by atoms with Gasteiger partial charge >= 0.3 is 5.97 Å². The van der Waals surface area contributed by atoms with Crippen LogP contribution < -0.4 is 11.1 Å². The highest BCUT2D eigenvalue weighted by atomic mass is 16.4. The topological polar surface area (TPSA) is 92.4 Å². The Labute approximate surface area is 120 Å². The highest BCUT2D eigenvalue weighted by Gasteiger charge is 2.39. The minimum absolute atomic E-state index is 0.0697. The maximum absolute atomic E-state index is 12.1. The van der Waals surface area contributed by atoms with Gasteiger partial charge in [-0.25, -0.2) is 4.79 Å². The van der Waals surface area contributed by atoms with Gasteiger partial charge in [-0.3, -0.25) is 4.79 Å². The Morgan fingerprint density at radius 3 is 2.30 bits per heavy atom. The van der Waals surface area contributed by atoms with Crippen molar-refractivity contribution in [2.45, 2.75) is 63.8 Å². The lowest BCUT2D eigenvalue weighted by Gasteiger charge is -2.40. The van der Waals surface area contributed by atoms with E-state index in [0.29, 0.717) is 13.0 Å². The molecule has 0 aromatic carbocycles. The summed E-state index contributed by atoms with van der Waals surface area (Å²) in [5.74, 6) is -0.964. The van der Waals surface area contributed by atoms with Crippen LogP contribution in [0, 0.1) is 11.3 Å². The molecule has 114 valence electrons. The first-order valence-corrected chi connectivity index (χ1v) is 7.79. The van der Waals surface area contributed by atoms with Gasteiger partial charge in [0.15, 0.2) is 0 Å². The number of amides is 1. The van der Waals surface area contributed by atoms with E-state index in [1.165, 1.54) is 6.42 Å². The van der Waals surface area contributed by atoms with Crippen LogP contribution in [0.15, 0.2) is 0 Å². The standard InChI is InChI=1S/C15H26N2O3/c16-10-15(7-4-8-15)9-12(18)17-13(14(19)20)11-5-2-1-3-6-11/h11,13H,1-10,16H2,(H,17,18)(H,19,20). The van der Waals surface area contributed by atoms with E-state index in [2.05, 4.69) is 5.32 Å². The molecule has 2 aliphatic rings. The van der Waals surface area contributed by atoms with Gasteiger partial charge in [0.2, 0.25) is 5.91 Å². The summed E-state index contributed by atoms with van der Waals surface area (Å²) in [5.41, 5.74) is 5.68. The summed E-state index contributed by atoms with van der Waals surface area (Å²) < 4.78 is 0. The van der Waals surface area contributed by atoms with Crippen molar-refractivity contribution in [3.05, 3.63) is 0 Å². The molecule has 0 aromatic heterocycles. The fourth-order valence-electron chi connectivity index (χ4n) is 3.54. The summed E-state index contributed by atoms with van der Waals surface area (Å²) in [6, 6.07) is -0.724. The lowest BCUT2D eigenvalue weighted by Crippen LogP contribution is -2.49. The quantitative estimate of drug-likeness (QED) is 0.690. The van der Waals surface area contributed by atoms with Crippen molar-refractivity contribution in [1.29, 1.82) is 0 Å². The molecule has 2 aliphatic carbocycles. The molecule has 5 heteroatoms. The molecule has 1 atom stereocenters. The SMILES string of the molecule is NCC1(CC(=O)NC(C(=O)O)C2CCCCC2)CCC1. The van der Waals surface area contributed by atoms with Crippen molar-refractivity contribution in [2.24, 2.45) is 17.1 Å². The zero-order chi connectivity index (χ0) is 14.6. The zero-order valence-electron chi connectivity index (χ0n) is 12.1. The van der Waals surface area contributed by atoms with Gasteiger partial charge in [0.1, 0.15) is 6.04 Å². The van der Waals surface area contributed by atoms with E-state index in [1.54, 1.807) is 0 Å². The second kappa shape index (κ2) is 6.57. The van der Waals surface area contributed by atoms with Crippen molar-refractivity contribution in [1.82, 2.24) is 5.32 Å². The number of carboxylic acids is 1. The predicted molar refractivity (Wildman–Crippen MR) is 76.1 cm³/mol. The summed E-state index contributed by atoms with van der Waals surface area (Å²) >= 11 is 0. The van der Waals surface area contributed by atoms with Gasteiger partial charge in [0.05, 0.1) is 0 Å². The van der Waals surface area contributed by atoms with Crippen molar-refractivity contribution in [3.63, 3.8) is 0 Å². The summed E-state index contributed by atoms with van der Waals surface area (Å²) in [4.78, 5) is 23.6. The molecule has 0 saturated heterocycles. The summed E-state index contributed by atoms with van der Waals surface area (Å²) in [7, 11) is 0. The van der Waals surface area contributed by atoms with Gasteiger partial charge in [0, 0.05) is 6.42 Å². The fraction of sp³-hybridized carbons (Fsp3) is 0.867. The Balaban J connectivity index is 1.90. The third kappa shape index (κ3) is 3.51. The molecule has 0 spiro atoms. The molecular formula is C15H26N2O3. The van der Waals surface area contributed by atoms with Crippen molar-refractivity contribution in [2.75, 3.05) is 6.54 Å². The van der Waals surface area contributed by atoms with E-state index in [4.69, 9.17) is 5.73 Å². The zero-order valence-corrected chi connectivity index (χ0v) is 12.1. The lowest BCUT2D eigenvalue weighted by molar-refractivity contribution is -0.144. The Kier molecular flexibility index (Phi) is 5.02. The molecular weight excluding hydrogens is 256 g/mol. The second-order valence-electron chi connectivity index (χ2n) is 6.52. The number of nitrogens with two attached hydrogens (primary N) is 1. The smallest absolute Gasteiger partial charge is 0.326 e. The van der Waals surface area contributed by atoms with Gasteiger partial charge in [-0.05, 0) is 43.6 Å². The van der Waals surface area contributed by atoms with E-state index in [-0.39, 0.29) is 17.2 Å². The normalized spacial score (nSPS) is 23.6. The van der Waals surface area contributed by atoms with Crippen LogP contribution in [0.4, 0.5) is 0 Å². The summed E-state index contributed by atoms with van der Waals surface area (Å²) in [5, 5.41) is 12.1. The van der Waals surface area contributed by atoms with Crippen LogP contribution in [-0.4, -0.2) is 29.6 Å². The highest BCUT2D eigenvalue weighted by molar-refractivity contribution is 5.84. The molecule has 0 bridgehead atoms. The minimum Gasteiger partial charge on any atom is -0.480 e. The highest BCUT2D eigenvalue weighted by Crippen LogP contribution is 2.42. The molecule has 2 fully saturated rings. The number of aliphatic carboxylic acids is 1.